The van der Waals surface area contributed by atoms with Crippen LogP contribution in [0, 0.1) is 0 Å². The minimum Gasteiger partial charge on any atom is -0.497 e. The molecule has 4 heteroatoms. The molecule has 0 bridgehead atoms. The Balaban J connectivity index is 1.77. The van der Waals surface area contributed by atoms with E-state index in [1.807, 2.05) is 66.7 Å². The zero-order valence-corrected chi connectivity index (χ0v) is 14.9. The Morgan fingerprint density at radius 3 is 2.35 bits per heavy atom. The predicted octanol–water partition coefficient (Wildman–Crippen LogP) is 4.30. The average molecular weight is 347 g/mol. The largest absolute Gasteiger partial charge is 0.497 e. The second kappa shape index (κ2) is 8.21. The van der Waals surface area contributed by atoms with E-state index in [1.165, 1.54) is 0 Å². The molecule has 0 unspecified atom stereocenters. The van der Waals surface area contributed by atoms with Crippen molar-refractivity contribution in [2.24, 2.45) is 0 Å². The van der Waals surface area contributed by atoms with Crippen LogP contribution < -0.4 is 14.8 Å². The van der Waals surface area contributed by atoms with E-state index in [0.29, 0.717) is 12.2 Å². The molecule has 0 atom stereocenters. The van der Waals surface area contributed by atoms with Crippen LogP contribution in [0.25, 0.3) is 11.1 Å². The summed E-state index contributed by atoms with van der Waals surface area (Å²) in [6.45, 7) is 0.457. The van der Waals surface area contributed by atoms with Gasteiger partial charge in [-0.25, -0.2) is 0 Å². The van der Waals surface area contributed by atoms with Gasteiger partial charge in [-0.05, 0) is 53.1 Å². The lowest BCUT2D eigenvalue weighted by Crippen LogP contribution is -2.17. The molecule has 0 radical (unpaired) electrons. The zero-order chi connectivity index (χ0) is 18.4. The van der Waals surface area contributed by atoms with Crippen LogP contribution in [0.2, 0.25) is 0 Å². The predicted molar refractivity (Wildman–Crippen MR) is 103 cm³/mol. The number of hydrogen-bond acceptors (Lipinski definition) is 3. The summed E-state index contributed by atoms with van der Waals surface area (Å²) in [4.78, 5) is 11.8. The summed E-state index contributed by atoms with van der Waals surface area (Å²) < 4.78 is 11.2. The van der Waals surface area contributed by atoms with E-state index < -0.39 is 0 Å². The number of hydrogen-bond donors (Lipinski definition) is 1. The van der Waals surface area contributed by atoms with Gasteiger partial charge in [-0.3, -0.25) is 4.79 Å². The number of benzene rings is 3. The van der Waals surface area contributed by atoms with Crippen LogP contribution in [0.4, 0.5) is 0 Å². The molecule has 1 amide bonds. The highest BCUT2D eigenvalue weighted by Crippen LogP contribution is 2.25. The molecule has 0 aliphatic heterocycles. The van der Waals surface area contributed by atoms with Gasteiger partial charge in [0.05, 0.1) is 7.11 Å². The van der Waals surface area contributed by atoms with Crippen LogP contribution >= 0.6 is 0 Å². The van der Waals surface area contributed by atoms with Crippen molar-refractivity contribution in [1.82, 2.24) is 5.32 Å². The highest BCUT2D eigenvalue weighted by molar-refractivity contribution is 5.95. The van der Waals surface area contributed by atoms with Crippen molar-refractivity contribution in [3.8, 4) is 22.6 Å². The molecule has 3 aromatic rings. The lowest BCUT2D eigenvalue weighted by Gasteiger charge is -2.10. The van der Waals surface area contributed by atoms with Gasteiger partial charge in [-0.15, -0.1) is 0 Å². The van der Waals surface area contributed by atoms with Crippen LogP contribution in [0.3, 0.4) is 0 Å². The summed E-state index contributed by atoms with van der Waals surface area (Å²) in [5.74, 6) is 1.49. The Morgan fingerprint density at radius 2 is 1.58 bits per heavy atom. The molecule has 0 spiro atoms. The summed E-state index contributed by atoms with van der Waals surface area (Å²) in [5, 5.41) is 2.65. The topological polar surface area (TPSA) is 47.6 Å². The molecule has 0 fully saturated rings. The number of methoxy groups -OCH3 is 1. The molecule has 3 rings (SSSR count). The minimum atomic E-state index is -0.0997. The zero-order valence-electron chi connectivity index (χ0n) is 14.9. The highest BCUT2D eigenvalue weighted by Gasteiger charge is 2.06. The van der Waals surface area contributed by atoms with E-state index in [0.717, 1.165) is 28.2 Å². The molecule has 132 valence electrons. The van der Waals surface area contributed by atoms with Gasteiger partial charge in [0, 0.05) is 12.6 Å². The standard InChI is InChI=1S/C22H21NO3/c1-23-22(24)19-9-4-7-17(13-19)18-8-5-11-21(14-18)26-15-16-6-3-10-20(12-16)25-2/h3-14H,15H2,1-2H3,(H,23,24). The maximum absolute atomic E-state index is 11.8. The fourth-order valence-corrected chi connectivity index (χ4v) is 2.68. The maximum Gasteiger partial charge on any atom is 0.251 e. The van der Waals surface area contributed by atoms with E-state index in [2.05, 4.69) is 5.32 Å². The van der Waals surface area contributed by atoms with Crippen molar-refractivity contribution >= 4 is 5.91 Å². The van der Waals surface area contributed by atoms with Crippen LogP contribution in [0.15, 0.2) is 72.8 Å². The first-order valence-corrected chi connectivity index (χ1v) is 8.38. The van der Waals surface area contributed by atoms with Crippen molar-refractivity contribution in [1.29, 1.82) is 0 Å². The van der Waals surface area contributed by atoms with Crippen LogP contribution in [-0.2, 0) is 6.61 Å². The summed E-state index contributed by atoms with van der Waals surface area (Å²) >= 11 is 0. The molecular formula is C22H21NO3. The molecule has 3 aromatic carbocycles. The third-order valence-corrected chi connectivity index (χ3v) is 4.06. The lowest BCUT2D eigenvalue weighted by molar-refractivity contribution is 0.0963. The van der Waals surface area contributed by atoms with Gasteiger partial charge in [0.15, 0.2) is 0 Å². The summed E-state index contributed by atoms with van der Waals surface area (Å²) in [5.41, 5.74) is 3.64. The highest BCUT2D eigenvalue weighted by atomic mass is 16.5. The molecular weight excluding hydrogens is 326 g/mol. The molecule has 0 heterocycles. The van der Waals surface area contributed by atoms with Crippen molar-refractivity contribution in [3.05, 3.63) is 83.9 Å². The number of carbonyl (C=O) groups excluding carboxylic acids is 1. The Labute approximate surface area is 153 Å². The van der Waals surface area contributed by atoms with Gasteiger partial charge in [0.25, 0.3) is 5.91 Å². The fourth-order valence-electron chi connectivity index (χ4n) is 2.68. The first kappa shape index (κ1) is 17.5. The molecule has 0 aliphatic carbocycles. The summed E-state index contributed by atoms with van der Waals surface area (Å²) in [6, 6.07) is 23.2. The Kier molecular flexibility index (Phi) is 5.54. The van der Waals surface area contributed by atoms with E-state index in [1.54, 1.807) is 20.2 Å². The number of ether oxygens (including phenoxy) is 2. The molecule has 0 saturated heterocycles. The molecule has 0 saturated carbocycles. The SMILES string of the molecule is CNC(=O)c1cccc(-c2cccc(OCc3cccc(OC)c3)c2)c1. The number of nitrogens with one attached hydrogen (secondary N) is 1. The van der Waals surface area contributed by atoms with Gasteiger partial charge < -0.3 is 14.8 Å². The van der Waals surface area contributed by atoms with Crippen molar-refractivity contribution in [2.75, 3.05) is 14.2 Å². The molecule has 1 N–H and O–H groups in total. The third kappa shape index (κ3) is 4.22. The number of rotatable bonds is 6. The van der Waals surface area contributed by atoms with Gasteiger partial charge in [-0.1, -0.05) is 36.4 Å². The Hall–Kier alpha value is -3.27. The van der Waals surface area contributed by atoms with E-state index in [-0.39, 0.29) is 5.91 Å². The van der Waals surface area contributed by atoms with Crippen LogP contribution in [0.1, 0.15) is 15.9 Å². The molecule has 4 nitrogen and oxygen atoms in total. The van der Waals surface area contributed by atoms with Gasteiger partial charge in [0.1, 0.15) is 18.1 Å². The van der Waals surface area contributed by atoms with Crippen LogP contribution in [-0.4, -0.2) is 20.1 Å². The van der Waals surface area contributed by atoms with Gasteiger partial charge >= 0.3 is 0 Å². The average Bonchev–Trinajstić information content (AvgIpc) is 2.72. The van der Waals surface area contributed by atoms with Crippen molar-refractivity contribution < 1.29 is 14.3 Å². The maximum atomic E-state index is 11.8. The second-order valence-corrected chi connectivity index (χ2v) is 5.83. The minimum absolute atomic E-state index is 0.0997. The third-order valence-electron chi connectivity index (χ3n) is 4.06. The number of carbonyl (C=O) groups is 1. The first-order valence-electron chi connectivity index (χ1n) is 8.38. The smallest absolute Gasteiger partial charge is 0.251 e. The first-order chi connectivity index (χ1) is 12.7. The van der Waals surface area contributed by atoms with Gasteiger partial charge in [0.2, 0.25) is 0 Å². The molecule has 0 aliphatic rings. The molecule has 26 heavy (non-hydrogen) atoms. The normalized spacial score (nSPS) is 10.2. The van der Waals surface area contributed by atoms with E-state index in [9.17, 15) is 4.79 Å². The summed E-state index contributed by atoms with van der Waals surface area (Å²) in [7, 11) is 3.28. The monoisotopic (exact) mass is 347 g/mol. The van der Waals surface area contributed by atoms with Gasteiger partial charge in [-0.2, -0.15) is 0 Å². The van der Waals surface area contributed by atoms with Crippen molar-refractivity contribution in [3.63, 3.8) is 0 Å². The van der Waals surface area contributed by atoms with E-state index >= 15 is 0 Å². The van der Waals surface area contributed by atoms with Crippen LogP contribution in [0.5, 0.6) is 11.5 Å². The second-order valence-electron chi connectivity index (χ2n) is 5.83. The Bertz CT molecular complexity index is 905. The van der Waals surface area contributed by atoms with E-state index in [4.69, 9.17) is 9.47 Å². The summed E-state index contributed by atoms with van der Waals surface area (Å²) in [6.07, 6.45) is 0. The quantitative estimate of drug-likeness (QED) is 0.723. The fraction of sp³-hybridized carbons (Fsp3) is 0.136. The van der Waals surface area contributed by atoms with Crippen molar-refractivity contribution in [2.45, 2.75) is 6.61 Å². The Morgan fingerprint density at radius 1 is 0.885 bits per heavy atom. The lowest BCUT2D eigenvalue weighted by atomic mass is 10.0. The number of amides is 1. The molecule has 0 aromatic heterocycles.